The summed E-state index contributed by atoms with van der Waals surface area (Å²) in [6.45, 7) is 0. The van der Waals surface area contributed by atoms with Gasteiger partial charge in [-0.3, -0.25) is 0 Å². The molecule has 0 bridgehead atoms. The summed E-state index contributed by atoms with van der Waals surface area (Å²) in [5, 5.41) is 0. The number of carbonyl (C=O) groups is 1. The summed E-state index contributed by atoms with van der Waals surface area (Å²) < 4.78 is 5.18. The van der Waals surface area contributed by atoms with Crippen LogP contribution >= 0.6 is 12.6 Å². The standard InChI is InChI=1S/C13H10O2S/c14-13(10-5-4-8-12(16)9-10)15-11-6-2-1-3-7-11/h1-9,16H. The van der Waals surface area contributed by atoms with E-state index in [-0.39, 0.29) is 5.97 Å². The maximum Gasteiger partial charge on any atom is 0.343 e. The predicted octanol–water partition coefficient (Wildman–Crippen LogP) is 3.19. The van der Waals surface area contributed by atoms with Crippen LogP contribution < -0.4 is 4.74 Å². The van der Waals surface area contributed by atoms with Crippen LogP contribution in [0.25, 0.3) is 0 Å². The number of para-hydroxylation sites is 1. The maximum atomic E-state index is 11.7. The number of carbonyl (C=O) groups excluding carboxylic acids is 1. The molecule has 0 unspecified atom stereocenters. The summed E-state index contributed by atoms with van der Waals surface area (Å²) in [5.41, 5.74) is 0.497. The van der Waals surface area contributed by atoms with Gasteiger partial charge in [0.15, 0.2) is 0 Å². The Balaban J connectivity index is 2.15. The minimum Gasteiger partial charge on any atom is -0.423 e. The smallest absolute Gasteiger partial charge is 0.343 e. The van der Waals surface area contributed by atoms with Crippen LogP contribution in [0.4, 0.5) is 0 Å². The van der Waals surface area contributed by atoms with Crippen molar-refractivity contribution in [3.63, 3.8) is 0 Å². The normalized spacial score (nSPS) is 9.81. The van der Waals surface area contributed by atoms with Crippen LogP contribution in [-0.4, -0.2) is 5.97 Å². The monoisotopic (exact) mass is 230 g/mol. The van der Waals surface area contributed by atoms with Crippen molar-refractivity contribution in [2.75, 3.05) is 0 Å². The SMILES string of the molecule is O=C(Oc1ccccc1)c1cccc(S)c1. The molecule has 0 aromatic heterocycles. The van der Waals surface area contributed by atoms with Gasteiger partial charge in [0, 0.05) is 4.90 Å². The fraction of sp³-hybridized carbons (Fsp3) is 0. The third-order valence-corrected chi connectivity index (χ3v) is 2.31. The van der Waals surface area contributed by atoms with E-state index in [0.29, 0.717) is 11.3 Å². The van der Waals surface area contributed by atoms with Gasteiger partial charge in [-0.25, -0.2) is 4.79 Å². The molecule has 0 fully saturated rings. The van der Waals surface area contributed by atoms with Gasteiger partial charge in [-0.15, -0.1) is 12.6 Å². The van der Waals surface area contributed by atoms with E-state index < -0.39 is 0 Å². The molecule has 0 atom stereocenters. The average molecular weight is 230 g/mol. The molecule has 16 heavy (non-hydrogen) atoms. The van der Waals surface area contributed by atoms with Gasteiger partial charge in [-0.1, -0.05) is 24.3 Å². The molecule has 80 valence electrons. The summed E-state index contributed by atoms with van der Waals surface area (Å²) in [5.74, 6) is 0.166. The van der Waals surface area contributed by atoms with Crippen molar-refractivity contribution in [3.05, 3.63) is 60.2 Å². The van der Waals surface area contributed by atoms with E-state index in [2.05, 4.69) is 12.6 Å². The number of hydrogen-bond donors (Lipinski definition) is 1. The first kappa shape index (κ1) is 10.8. The second-order valence-corrected chi connectivity index (χ2v) is 3.77. The Hall–Kier alpha value is -1.74. The van der Waals surface area contributed by atoms with Gasteiger partial charge >= 0.3 is 5.97 Å². The first-order valence-corrected chi connectivity index (χ1v) is 5.27. The number of rotatable bonds is 2. The summed E-state index contributed by atoms with van der Waals surface area (Å²) in [6, 6.07) is 15.9. The van der Waals surface area contributed by atoms with Crippen LogP contribution in [0, 0.1) is 0 Å². The van der Waals surface area contributed by atoms with E-state index in [1.165, 1.54) is 0 Å². The molecule has 0 aliphatic heterocycles. The Morgan fingerprint density at radius 2 is 1.75 bits per heavy atom. The van der Waals surface area contributed by atoms with Gasteiger partial charge in [0.05, 0.1) is 5.56 Å². The van der Waals surface area contributed by atoms with Crippen LogP contribution in [0.1, 0.15) is 10.4 Å². The lowest BCUT2D eigenvalue weighted by Crippen LogP contribution is -2.08. The number of ether oxygens (including phenoxy) is 1. The predicted molar refractivity (Wildman–Crippen MR) is 65.1 cm³/mol. The zero-order valence-corrected chi connectivity index (χ0v) is 9.35. The number of esters is 1. The third-order valence-electron chi connectivity index (χ3n) is 2.04. The average Bonchev–Trinajstić information content (AvgIpc) is 2.30. The molecule has 2 rings (SSSR count). The highest BCUT2D eigenvalue weighted by atomic mass is 32.1. The molecular formula is C13H10O2S. The number of hydrogen-bond acceptors (Lipinski definition) is 3. The summed E-state index contributed by atoms with van der Waals surface area (Å²) >= 11 is 4.17. The second kappa shape index (κ2) is 4.86. The number of benzene rings is 2. The largest absolute Gasteiger partial charge is 0.423 e. The third kappa shape index (κ3) is 2.64. The van der Waals surface area contributed by atoms with E-state index in [1.54, 1.807) is 30.3 Å². The van der Waals surface area contributed by atoms with Crippen LogP contribution in [0.15, 0.2) is 59.5 Å². The Morgan fingerprint density at radius 3 is 2.44 bits per heavy atom. The molecule has 0 aliphatic carbocycles. The van der Waals surface area contributed by atoms with Gasteiger partial charge in [-0.2, -0.15) is 0 Å². The highest BCUT2D eigenvalue weighted by Crippen LogP contribution is 2.14. The van der Waals surface area contributed by atoms with Crippen molar-refractivity contribution >= 4 is 18.6 Å². The van der Waals surface area contributed by atoms with Crippen LogP contribution in [0.5, 0.6) is 5.75 Å². The van der Waals surface area contributed by atoms with Gasteiger partial charge in [0.2, 0.25) is 0 Å². The first-order chi connectivity index (χ1) is 7.75. The van der Waals surface area contributed by atoms with Crippen molar-refractivity contribution < 1.29 is 9.53 Å². The molecule has 0 amide bonds. The van der Waals surface area contributed by atoms with Gasteiger partial charge in [-0.05, 0) is 30.3 Å². The number of thiol groups is 1. The molecular weight excluding hydrogens is 220 g/mol. The molecule has 3 heteroatoms. The highest BCUT2D eigenvalue weighted by Gasteiger charge is 2.07. The van der Waals surface area contributed by atoms with Gasteiger partial charge in [0.25, 0.3) is 0 Å². The van der Waals surface area contributed by atoms with Crippen molar-refractivity contribution in [1.29, 1.82) is 0 Å². The highest BCUT2D eigenvalue weighted by molar-refractivity contribution is 7.80. The van der Waals surface area contributed by atoms with Crippen LogP contribution in [-0.2, 0) is 0 Å². The molecule has 2 aromatic carbocycles. The van der Waals surface area contributed by atoms with Crippen molar-refractivity contribution in [3.8, 4) is 5.75 Å². The molecule has 0 aliphatic rings. The maximum absolute atomic E-state index is 11.7. The first-order valence-electron chi connectivity index (χ1n) is 4.82. The lowest BCUT2D eigenvalue weighted by molar-refractivity contribution is 0.0734. The summed E-state index contributed by atoms with van der Waals surface area (Å²) in [4.78, 5) is 12.4. The Bertz CT molecular complexity index is 494. The molecule has 0 N–H and O–H groups in total. The lowest BCUT2D eigenvalue weighted by atomic mass is 10.2. The molecule has 0 heterocycles. The Labute approximate surface area is 99.3 Å². The molecule has 0 saturated heterocycles. The van der Waals surface area contributed by atoms with Gasteiger partial charge in [0.1, 0.15) is 5.75 Å². The molecule has 0 radical (unpaired) electrons. The second-order valence-electron chi connectivity index (χ2n) is 3.25. The van der Waals surface area contributed by atoms with E-state index in [4.69, 9.17) is 4.74 Å². The quantitative estimate of drug-likeness (QED) is 0.487. The van der Waals surface area contributed by atoms with Crippen LogP contribution in [0.3, 0.4) is 0 Å². The molecule has 0 saturated carbocycles. The van der Waals surface area contributed by atoms with E-state index in [0.717, 1.165) is 4.90 Å². The molecule has 0 spiro atoms. The summed E-state index contributed by atoms with van der Waals surface area (Å²) in [6.07, 6.45) is 0. The molecule has 2 aromatic rings. The molecule has 2 nitrogen and oxygen atoms in total. The van der Waals surface area contributed by atoms with Crippen molar-refractivity contribution in [1.82, 2.24) is 0 Å². The van der Waals surface area contributed by atoms with E-state index in [1.807, 2.05) is 24.3 Å². The summed E-state index contributed by atoms with van der Waals surface area (Å²) in [7, 11) is 0. The Morgan fingerprint density at radius 1 is 1.00 bits per heavy atom. The van der Waals surface area contributed by atoms with Crippen molar-refractivity contribution in [2.24, 2.45) is 0 Å². The van der Waals surface area contributed by atoms with E-state index >= 15 is 0 Å². The van der Waals surface area contributed by atoms with Gasteiger partial charge < -0.3 is 4.74 Å². The fourth-order valence-corrected chi connectivity index (χ4v) is 1.51. The Kier molecular flexibility index (Phi) is 3.27. The van der Waals surface area contributed by atoms with Crippen LogP contribution in [0.2, 0.25) is 0 Å². The van der Waals surface area contributed by atoms with E-state index in [9.17, 15) is 4.79 Å². The van der Waals surface area contributed by atoms with Crippen molar-refractivity contribution in [2.45, 2.75) is 4.90 Å². The lowest BCUT2D eigenvalue weighted by Gasteiger charge is -2.04. The minimum absolute atomic E-state index is 0.373. The topological polar surface area (TPSA) is 26.3 Å². The zero-order chi connectivity index (χ0) is 11.4. The fourth-order valence-electron chi connectivity index (χ4n) is 1.29. The minimum atomic E-state index is -0.373. The zero-order valence-electron chi connectivity index (χ0n) is 8.46.